The van der Waals surface area contributed by atoms with Crippen LogP contribution in [0, 0.1) is 0 Å². The maximum absolute atomic E-state index is 13.3. The van der Waals surface area contributed by atoms with Crippen molar-refractivity contribution in [3.8, 4) is 6.01 Å². The Labute approximate surface area is 232 Å². The zero-order valence-corrected chi connectivity index (χ0v) is 22.4. The van der Waals surface area contributed by atoms with Crippen molar-refractivity contribution < 1.29 is 29.4 Å². The van der Waals surface area contributed by atoms with Crippen LogP contribution in [0.1, 0.15) is 16.5 Å². The Morgan fingerprint density at radius 3 is 2.72 bits per heavy atom. The Morgan fingerprint density at radius 1 is 1.33 bits per heavy atom. The summed E-state index contributed by atoms with van der Waals surface area (Å²) in [6.07, 6.45) is 0. The van der Waals surface area contributed by atoms with Crippen LogP contribution in [0.5, 0.6) is 6.01 Å². The van der Waals surface area contributed by atoms with Gasteiger partial charge in [0.1, 0.15) is 29.9 Å². The van der Waals surface area contributed by atoms with E-state index in [2.05, 4.69) is 30.6 Å². The smallest absolute Gasteiger partial charge is 0.352 e. The third-order valence-corrected chi connectivity index (χ3v) is 8.93. The lowest BCUT2D eigenvalue weighted by Crippen LogP contribution is -2.71. The van der Waals surface area contributed by atoms with E-state index in [0.717, 1.165) is 28.7 Å². The highest BCUT2D eigenvalue weighted by Crippen LogP contribution is 2.48. The van der Waals surface area contributed by atoms with Crippen molar-refractivity contribution in [3.63, 3.8) is 0 Å². The van der Waals surface area contributed by atoms with Gasteiger partial charge in [-0.15, -0.1) is 28.2 Å². The van der Waals surface area contributed by atoms with Crippen molar-refractivity contribution in [2.75, 3.05) is 18.6 Å². The van der Waals surface area contributed by atoms with Crippen LogP contribution >= 0.6 is 34.9 Å². The molecule has 39 heavy (non-hydrogen) atoms. The molecule has 6 N–H and O–H groups in total. The molecule has 0 spiro atoms. The van der Waals surface area contributed by atoms with E-state index in [9.17, 15) is 24.6 Å². The Morgan fingerprint density at radius 2 is 2.10 bits per heavy atom. The molecule has 0 aliphatic carbocycles. The van der Waals surface area contributed by atoms with Gasteiger partial charge < -0.3 is 26.1 Å². The number of nitrogens with two attached hydrogens (primary N) is 1. The number of nitrogens with one attached hydrogen (secondary N) is 2. The monoisotopic (exact) mass is 588 g/mol. The standard InChI is InChI=1S/C22H20N8O6S3/c1-36-29-12(11-8-38-20(23)24-11)16(31)25-13-17(32)30-14(19(33)34)10(7-37-18(13)30)15(9-5-3-2-4-6-9)39-22-26-21(35)27-28-22/h2-6,8,13,15,18H,7H2,1H3,(H2,23,24)(H,25,31)(H,33,34)(H2,26,27,28,35)/t13-,15?,18+/m1/s1. The molecule has 1 unspecified atom stereocenters. The number of β-lactam (4-membered cyclic amide) rings is 1. The van der Waals surface area contributed by atoms with E-state index in [1.165, 1.54) is 29.2 Å². The van der Waals surface area contributed by atoms with Gasteiger partial charge in [0.05, 0.1) is 5.25 Å². The summed E-state index contributed by atoms with van der Waals surface area (Å²) in [6, 6.07) is 7.76. The van der Waals surface area contributed by atoms with E-state index in [0.29, 0.717) is 5.57 Å². The minimum atomic E-state index is -1.28. The van der Waals surface area contributed by atoms with Gasteiger partial charge in [-0.25, -0.2) is 9.78 Å². The molecule has 2 amide bonds. The van der Waals surface area contributed by atoms with Gasteiger partial charge in [0.2, 0.25) is 0 Å². The summed E-state index contributed by atoms with van der Waals surface area (Å²) in [5, 5.41) is 34.4. The summed E-state index contributed by atoms with van der Waals surface area (Å²) >= 11 is 3.59. The molecule has 2 aromatic heterocycles. The number of amides is 2. The van der Waals surface area contributed by atoms with E-state index in [4.69, 9.17) is 10.6 Å². The van der Waals surface area contributed by atoms with Gasteiger partial charge in [0.25, 0.3) is 11.8 Å². The Bertz CT molecular complexity index is 1490. The molecule has 2 aliphatic rings. The average Bonchev–Trinajstić information content (AvgIpc) is 3.55. The number of H-pyrrole nitrogens is 1. The minimum absolute atomic E-state index is 0.164. The van der Waals surface area contributed by atoms with Gasteiger partial charge in [0, 0.05) is 11.1 Å². The SMILES string of the molecule is CON=C(C(=O)N[C@@H]1C(=O)N2C(C(=O)O)=C(C(Sc3nnc(O)[nH]3)c3ccccc3)CS[C@@H]12)c1csc(N)n1. The van der Waals surface area contributed by atoms with Crippen molar-refractivity contribution >= 4 is 63.5 Å². The molecule has 5 rings (SSSR count). The number of aromatic hydroxyl groups is 1. The van der Waals surface area contributed by atoms with Gasteiger partial charge in [-0.05, 0) is 11.1 Å². The van der Waals surface area contributed by atoms with Crippen LogP contribution in [-0.2, 0) is 19.2 Å². The number of nitrogen functional groups attached to an aromatic ring is 1. The highest BCUT2D eigenvalue weighted by Gasteiger charge is 2.55. The molecule has 14 nitrogen and oxygen atoms in total. The number of thioether (sulfide) groups is 2. The number of aliphatic carboxylic acids is 1. The van der Waals surface area contributed by atoms with Gasteiger partial charge in [0.15, 0.2) is 16.0 Å². The molecule has 202 valence electrons. The number of aromatic nitrogens is 4. The van der Waals surface area contributed by atoms with E-state index >= 15 is 0 Å². The van der Waals surface area contributed by atoms with Crippen molar-refractivity contribution in [2.45, 2.75) is 21.8 Å². The number of rotatable bonds is 9. The number of oxime groups is 1. The molecule has 17 heteroatoms. The van der Waals surface area contributed by atoms with Crippen LogP contribution < -0.4 is 11.1 Å². The summed E-state index contributed by atoms with van der Waals surface area (Å²) in [7, 11) is 1.27. The van der Waals surface area contributed by atoms with Gasteiger partial charge in [-0.3, -0.25) is 19.5 Å². The number of hydrogen-bond acceptors (Lipinski definition) is 13. The van der Waals surface area contributed by atoms with Gasteiger partial charge >= 0.3 is 12.0 Å². The van der Waals surface area contributed by atoms with Crippen molar-refractivity contribution in [1.82, 2.24) is 30.4 Å². The number of thiazole rings is 1. The lowest BCUT2D eigenvalue weighted by Gasteiger charge is -2.50. The van der Waals surface area contributed by atoms with Crippen LogP contribution in [-0.4, -0.2) is 83.1 Å². The third kappa shape index (κ3) is 5.15. The molecule has 1 aromatic carbocycles. The summed E-state index contributed by atoms with van der Waals surface area (Å²) in [6.45, 7) is 0. The van der Waals surface area contributed by atoms with E-state index in [1.807, 2.05) is 30.3 Å². The van der Waals surface area contributed by atoms with Crippen LogP contribution in [0.2, 0.25) is 0 Å². The third-order valence-electron chi connectivity index (χ3n) is 5.75. The quantitative estimate of drug-likeness (QED) is 0.103. The molecule has 2 aliphatic heterocycles. The fourth-order valence-corrected chi connectivity index (χ4v) is 7.25. The fraction of sp³-hybridized carbons (Fsp3) is 0.227. The van der Waals surface area contributed by atoms with Crippen LogP contribution in [0.4, 0.5) is 5.13 Å². The average molecular weight is 589 g/mol. The first-order chi connectivity index (χ1) is 18.8. The predicted molar refractivity (Wildman–Crippen MR) is 143 cm³/mol. The zero-order chi connectivity index (χ0) is 27.7. The Balaban J connectivity index is 1.43. The largest absolute Gasteiger partial charge is 0.479 e. The number of aromatic amines is 1. The van der Waals surface area contributed by atoms with Crippen molar-refractivity contribution in [1.29, 1.82) is 0 Å². The first kappa shape index (κ1) is 26.5. The van der Waals surface area contributed by atoms with Gasteiger partial charge in [-0.1, -0.05) is 52.3 Å². The molecule has 0 radical (unpaired) electrons. The second-order valence-corrected chi connectivity index (χ2v) is 11.2. The van der Waals surface area contributed by atoms with E-state index < -0.39 is 34.4 Å². The zero-order valence-electron chi connectivity index (χ0n) is 20.0. The number of anilines is 1. The molecule has 4 heterocycles. The maximum Gasteiger partial charge on any atom is 0.352 e. The summed E-state index contributed by atoms with van der Waals surface area (Å²) in [5.74, 6) is -2.33. The highest BCUT2D eigenvalue weighted by atomic mass is 32.2. The van der Waals surface area contributed by atoms with Crippen LogP contribution in [0.25, 0.3) is 0 Å². The molecule has 1 saturated heterocycles. The Kier molecular flexibility index (Phi) is 7.45. The topological polar surface area (TPSA) is 209 Å². The number of hydrogen-bond donors (Lipinski definition) is 5. The minimum Gasteiger partial charge on any atom is -0.479 e. The maximum atomic E-state index is 13.3. The van der Waals surface area contributed by atoms with Crippen LogP contribution in [0.3, 0.4) is 0 Å². The van der Waals surface area contributed by atoms with Gasteiger partial charge in [-0.2, -0.15) is 0 Å². The van der Waals surface area contributed by atoms with E-state index in [-0.39, 0.29) is 39.2 Å². The van der Waals surface area contributed by atoms with Crippen molar-refractivity contribution in [3.05, 3.63) is 58.2 Å². The second-order valence-electron chi connectivity index (χ2n) is 8.10. The summed E-state index contributed by atoms with van der Waals surface area (Å²) in [5.41, 5.74) is 6.76. The molecular weight excluding hydrogens is 568 g/mol. The normalized spacial score (nSPS) is 19.8. The molecule has 3 aromatic rings. The lowest BCUT2D eigenvalue weighted by molar-refractivity contribution is -0.150. The fourth-order valence-electron chi connectivity index (χ4n) is 4.12. The number of carbonyl (C=O) groups excluding carboxylic acids is 2. The molecule has 0 bridgehead atoms. The molecule has 1 fully saturated rings. The highest BCUT2D eigenvalue weighted by molar-refractivity contribution is 8.01. The Hall–Kier alpha value is -4.09. The van der Waals surface area contributed by atoms with Crippen molar-refractivity contribution in [2.24, 2.45) is 5.16 Å². The first-order valence-electron chi connectivity index (χ1n) is 11.2. The number of carbonyl (C=O) groups is 3. The number of carboxylic acid groups (broad SMARTS) is 1. The molecule has 3 atom stereocenters. The summed E-state index contributed by atoms with van der Waals surface area (Å²) < 4.78 is 0. The number of nitrogens with zero attached hydrogens (tertiary/aromatic N) is 5. The summed E-state index contributed by atoms with van der Waals surface area (Å²) in [4.78, 5) is 51.4. The molecular formula is C22H20N8O6S3. The lowest BCUT2D eigenvalue weighted by atomic mass is 9.98. The number of fused-ring (bicyclic) bond motifs is 1. The predicted octanol–water partition coefficient (Wildman–Crippen LogP) is 1.17. The molecule has 0 saturated carbocycles. The van der Waals surface area contributed by atoms with E-state index in [1.54, 1.807) is 0 Å². The first-order valence-corrected chi connectivity index (χ1v) is 14.0. The number of benzene rings is 1. The second kappa shape index (κ2) is 11.0. The van der Waals surface area contributed by atoms with Crippen LogP contribution in [0.15, 0.2) is 57.3 Å². The number of carboxylic acids is 1.